The van der Waals surface area contributed by atoms with Crippen LogP contribution in [0.25, 0.3) is 6.08 Å². The van der Waals surface area contributed by atoms with Gasteiger partial charge in [0.25, 0.3) is 11.8 Å². The predicted molar refractivity (Wildman–Crippen MR) is 135 cm³/mol. The molecule has 0 radical (unpaired) electrons. The molecule has 3 aromatic rings. The molecular weight excluding hydrogens is 496 g/mol. The number of barbiturate groups is 1. The van der Waals surface area contributed by atoms with Gasteiger partial charge in [-0.15, -0.1) is 0 Å². The van der Waals surface area contributed by atoms with E-state index < -0.39 is 17.8 Å². The summed E-state index contributed by atoms with van der Waals surface area (Å²) in [4.78, 5) is 39.5. The Hall–Kier alpha value is -3.71. The Labute approximate surface area is 206 Å². The van der Waals surface area contributed by atoms with Crippen LogP contribution in [0.4, 0.5) is 10.5 Å². The van der Waals surface area contributed by atoms with E-state index in [-0.39, 0.29) is 5.57 Å². The van der Waals surface area contributed by atoms with Crippen LogP contribution in [0.15, 0.2) is 70.7 Å². The number of rotatable bonds is 5. The summed E-state index contributed by atoms with van der Waals surface area (Å²) in [5, 5.41) is 2.27. The van der Waals surface area contributed by atoms with Crippen LogP contribution >= 0.6 is 15.9 Å². The predicted octanol–water partition coefficient (Wildman–Crippen LogP) is 5.62. The van der Waals surface area contributed by atoms with Gasteiger partial charge in [-0.1, -0.05) is 51.8 Å². The van der Waals surface area contributed by atoms with Crippen LogP contribution in [0.3, 0.4) is 0 Å². The van der Waals surface area contributed by atoms with E-state index in [1.165, 1.54) is 6.08 Å². The van der Waals surface area contributed by atoms with Gasteiger partial charge in [-0.05, 0) is 73.9 Å². The number of carbonyl (C=O) groups is 3. The second-order valence-corrected chi connectivity index (χ2v) is 9.18. The highest BCUT2D eigenvalue weighted by molar-refractivity contribution is 9.10. The molecule has 0 atom stereocenters. The first-order chi connectivity index (χ1) is 16.2. The lowest BCUT2D eigenvalue weighted by Gasteiger charge is -2.27. The smallest absolute Gasteiger partial charge is 0.335 e. The third-order valence-corrected chi connectivity index (χ3v) is 5.81. The van der Waals surface area contributed by atoms with Crippen LogP contribution in [0, 0.1) is 20.8 Å². The van der Waals surface area contributed by atoms with Gasteiger partial charge >= 0.3 is 6.03 Å². The Kier molecular flexibility index (Phi) is 6.65. The van der Waals surface area contributed by atoms with Crippen molar-refractivity contribution < 1.29 is 19.1 Å². The zero-order valence-electron chi connectivity index (χ0n) is 19.0. The Balaban J connectivity index is 1.69. The van der Waals surface area contributed by atoms with Crippen molar-refractivity contribution in [2.24, 2.45) is 0 Å². The van der Waals surface area contributed by atoms with E-state index in [0.29, 0.717) is 23.6 Å². The maximum Gasteiger partial charge on any atom is 0.335 e. The number of imide groups is 2. The van der Waals surface area contributed by atoms with Crippen LogP contribution in [-0.2, 0) is 16.2 Å². The molecule has 4 rings (SSSR count). The molecule has 1 aliphatic rings. The Bertz CT molecular complexity index is 1330. The molecule has 1 saturated heterocycles. The number of hydrogen-bond acceptors (Lipinski definition) is 4. The van der Waals surface area contributed by atoms with Gasteiger partial charge in [0.2, 0.25) is 0 Å². The number of nitrogens with one attached hydrogen (secondary N) is 1. The van der Waals surface area contributed by atoms with Crippen molar-refractivity contribution in [2.75, 3.05) is 4.90 Å². The SMILES string of the molecule is Cc1cccc(COc2ccc(Br)cc2/C=C2\C(=O)NC(=O)N(c3cc(C)cc(C)c3)C2=O)c1. The van der Waals surface area contributed by atoms with Crippen molar-refractivity contribution in [2.45, 2.75) is 27.4 Å². The normalized spacial score (nSPS) is 15.0. The third-order valence-electron chi connectivity index (χ3n) is 5.31. The van der Waals surface area contributed by atoms with Crippen molar-refractivity contribution in [3.05, 3.63) is 98.5 Å². The van der Waals surface area contributed by atoms with Gasteiger partial charge in [-0.3, -0.25) is 14.9 Å². The fourth-order valence-corrected chi connectivity index (χ4v) is 4.23. The van der Waals surface area contributed by atoms with Crippen LogP contribution in [-0.4, -0.2) is 17.8 Å². The lowest BCUT2D eigenvalue weighted by Crippen LogP contribution is -2.54. The van der Waals surface area contributed by atoms with Gasteiger partial charge in [-0.2, -0.15) is 0 Å². The topological polar surface area (TPSA) is 75.7 Å². The van der Waals surface area contributed by atoms with Crippen LogP contribution in [0.5, 0.6) is 5.75 Å². The number of amides is 4. The molecule has 1 aliphatic heterocycles. The molecular formula is C27H23BrN2O4. The number of halogens is 1. The van der Waals surface area contributed by atoms with Gasteiger partial charge in [0, 0.05) is 10.0 Å². The van der Waals surface area contributed by atoms with E-state index in [0.717, 1.165) is 31.6 Å². The minimum absolute atomic E-state index is 0.155. The zero-order chi connectivity index (χ0) is 24.4. The van der Waals surface area contributed by atoms with E-state index in [2.05, 4.69) is 21.2 Å². The molecule has 0 spiro atoms. The molecule has 0 saturated carbocycles. The Morgan fingerprint density at radius 3 is 2.35 bits per heavy atom. The second-order valence-electron chi connectivity index (χ2n) is 8.26. The first-order valence-electron chi connectivity index (χ1n) is 10.7. The highest BCUT2D eigenvalue weighted by atomic mass is 79.9. The van der Waals surface area contributed by atoms with Crippen molar-refractivity contribution in [1.82, 2.24) is 5.32 Å². The summed E-state index contributed by atoms with van der Waals surface area (Å²) in [6.45, 7) is 6.09. The summed E-state index contributed by atoms with van der Waals surface area (Å²) >= 11 is 3.44. The highest BCUT2D eigenvalue weighted by Gasteiger charge is 2.37. The number of aryl methyl sites for hydroxylation is 3. The number of nitrogens with zero attached hydrogens (tertiary/aromatic N) is 1. The Morgan fingerprint density at radius 2 is 1.65 bits per heavy atom. The Morgan fingerprint density at radius 1 is 0.912 bits per heavy atom. The van der Waals surface area contributed by atoms with Gasteiger partial charge in [0.05, 0.1) is 5.69 Å². The molecule has 0 aromatic heterocycles. The standard InChI is InChI=1S/C27H23BrN2O4/c1-16-5-4-6-19(10-16)15-34-24-8-7-21(28)13-20(24)14-23-25(31)29-27(33)30(26(23)32)22-11-17(2)9-18(3)12-22/h4-14H,15H2,1-3H3,(H,29,31,33)/b23-14+. The molecule has 1 N–H and O–H groups in total. The maximum absolute atomic E-state index is 13.3. The minimum atomic E-state index is -0.776. The van der Waals surface area contributed by atoms with Gasteiger partial charge in [-0.25, -0.2) is 9.69 Å². The number of benzene rings is 3. The minimum Gasteiger partial charge on any atom is -0.488 e. The fraction of sp³-hybridized carbons (Fsp3) is 0.148. The number of carbonyl (C=O) groups excluding carboxylic acids is 3. The maximum atomic E-state index is 13.3. The molecule has 0 aliphatic carbocycles. The molecule has 3 aromatic carbocycles. The first kappa shape index (κ1) is 23.4. The van der Waals surface area contributed by atoms with Gasteiger partial charge < -0.3 is 4.74 Å². The van der Waals surface area contributed by atoms with Crippen LogP contribution < -0.4 is 15.0 Å². The quantitative estimate of drug-likeness (QED) is 0.351. The zero-order valence-corrected chi connectivity index (χ0v) is 20.6. The molecule has 7 heteroatoms. The number of urea groups is 1. The average Bonchev–Trinajstić information content (AvgIpc) is 2.75. The molecule has 0 bridgehead atoms. The second kappa shape index (κ2) is 9.65. The molecule has 0 unspecified atom stereocenters. The van der Waals surface area contributed by atoms with E-state index in [1.54, 1.807) is 24.3 Å². The molecule has 34 heavy (non-hydrogen) atoms. The lowest BCUT2D eigenvalue weighted by atomic mass is 10.0. The van der Waals surface area contributed by atoms with Gasteiger partial charge in [0.15, 0.2) is 0 Å². The summed E-state index contributed by atoms with van der Waals surface area (Å²) in [7, 11) is 0. The summed E-state index contributed by atoms with van der Waals surface area (Å²) in [5.41, 5.74) is 4.71. The van der Waals surface area contributed by atoms with E-state index in [9.17, 15) is 14.4 Å². The molecule has 172 valence electrons. The first-order valence-corrected chi connectivity index (χ1v) is 11.5. The molecule has 4 amide bonds. The molecule has 1 heterocycles. The van der Waals surface area contributed by atoms with Crippen molar-refractivity contribution in [3.63, 3.8) is 0 Å². The fourth-order valence-electron chi connectivity index (χ4n) is 3.85. The van der Waals surface area contributed by atoms with Crippen LogP contribution in [0.1, 0.15) is 27.8 Å². The summed E-state index contributed by atoms with van der Waals surface area (Å²) < 4.78 is 6.78. The van der Waals surface area contributed by atoms with E-state index in [4.69, 9.17) is 4.74 Å². The van der Waals surface area contributed by atoms with Crippen molar-refractivity contribution in [1.29, 1.82) is 0 Å². The number of anilines is 1. The van der Waals surface area contributed by atoms with Crippen molar-refractivity contribution >= 4 is 45.5 Å². The highest BCUT2D eigenvalue weighted by Crippen LogP contribution is 2.29. The van der Waals surface area contributed by atoms with Crippen molar-refractivity contribution in [3.8, 4) is 5.75 Å². The summed E-state index contributed by atoms with van der Waals surface area (Å²) in [6, 6.07) is 17.9. The van der Waals surface area contributed by atoms with Gasteiger partial charge in [0.1, 0.15) is 17.9 Å². The summed E-state index contributed by atoms with van der Waals surface area (Å²) in [5.74, 6) is -0.934. The average molecular weight is 519 g/mol. The summed E-state index contributed by atoms with van der Waals surface area (Å²) in [6.07, 6.45) is 1.45. The largest absolute Gasteiger partial charge is 0.488 e. The lowest BCUT2D eigenvalue weighted by molar-refractivity contribution is -0.122. The van der Waals surface area contributed by atoms with E-state index >= 15 is 0 Å². The molecule has 1 fully saturated rings. The number of hydrogen-bond donors (Lipinski definition) is 1. The van der Waals surface area contributed by atoms with Crippen LogP contribution in [0.2, 0.25) is 0 Å². The van der Waals surface area contributed by atoms with E-state index in [1.807, 2.05) is 57.2 Å². The number of ether oxygens (including phenoxy) is 1. The third kappa shape index (κ3) is 5.10. The molecule has 6 nitrogen and oxygen atoms in total. The monoisotopic (exact) mass is 518 g/mol.